The van der Waals surface area contributed by atoms with Gasteiger partial charge in [-0.25, -0.2) is 0 Å². The summed E-state index contributed by atoms with van der Waals surface area (Å²) in [7, 11) is 0. The minimum Gasteiger partial charge on any atom is -0.480 e. The van der Waals surface area contributed by atoms with Crippen LogP contribution in [0.4, 0.5) is 0 Å². The van der Waals surface area contributed by atoms with E-state index in [0.29, 0.717) is 5.57 Å². The van der Waals surface area contributed by atoms with Crippen molar-refractivity contribution >= 4 is 5.97 Å². The average molecular weight is 177 g/mol. The van der Waals surface area contributed by atoms with Crippen LogP contribution in [-0.2, 0) is 4.79 Å². The number of carboxylic acids is 1. The van der Waals surface area contributed by atoms with Gasteiger partial charge in [-0.1, -0.05) is 42.5 Å². The smallest absolute Gasteiger partial charge is 0.325 e. The first-order valence-corrected chi connectivity index (χ1v) is 3.92. The number of carboxylic acid groups (broad SMARTS) is 1. The van der Waals surface area contributed by atoms with Gasteiger partial charge in [0.2, 0.25) is 0 Å². The maximum atomic E-state index is 10.6. The van der Waals surface area contributed by atoms with Gasteiger partial charge >= 0.3 is 5.97 Å². The van der Waals surface area contributed by atoms with Crippen molar-refractivity contribution in [3.63, 3.8) is 0 Å². The lowest BCUT2D eigenvalue weighted by Gasteiger charge is -2.06. The lowest BCUT2D eigenvalue weighted by Crippen LogP contribution is -2.31. The molecular formula is C10H11NO2. The highest BCUT2D eigenvalue weighted by molar-refractivity contribution is 5.78. The van der Waals surface area contributed by atoms with Gasteiger partial charge in [-0.15, -0.1) is 0 Å². The first-order chi connectivity index (χ1) is 6.22. The molecule has 1 atom stereocenters. The zero-order valence-electron chi connectivity index (χ0n) is 7.05. The van der Waals surface area contributed by atoms with E-state index in [2.05, 4.69) is 0 Å². The zero-order valence-corrected chi connectivity index (χ0v) is 7.05. The Bertz CT molecular complexity index is 311. The molecule has 0 fully saturated rings. The van der Waals surface area contributed by atoms with Gasteiger partial charge in [0.05, 0.1) is 0 Å². The van der Waals surface area contributed by atoms with Gasteiger partial charge in [0.1, 0.15) is 6.04 Å². The zero-order chi connectivity index (χ0) is 9.68. The highest BCUT2D eigenvalue weighted by Crippen LogP contribution is 2.05. The van der Waals surface area contributed by atoms with E-state index < -0.39 is 12.0 Å². The van der Waals surface area contributed by atoms with Crippen molar-refractivity contribution in [1.29, 1.82) is 0 Å². The van der Waals surface area contributed by atoms with E-state index in [1.165, 1.54) is 0 Å². The van der Waals surface area contributed by atoms with Crippen LogP contribution in [0.2, 0.25) is 0 Å². The first-order valence-electron chi connectivity index (χ1n) is 3.92. The van der Waals surface area contributed by atoms with Crippen LogP contribution in [0, 0.1) is 0 Å². The standard InChI is InChI=1S/C10H11NO2/c11-9(10(12)13)8-6-4-2-1-3-5-7-8/h1-7,9H,11H2,(H,12,13)/b2-1-,3-1?,4-2?,5-3-,6-4-,7-5?,8-6?,8-7+. The fraction of sp³-hybridized carbons (Fsp3) is 0.100. The molecule has 1 rings (SSSR count). The molecule has 1 aliphatic rings. The van der Waals surface area contributed by atoms with Crippen LogP contribution in [0.15, 0.2) is 48.1 Å². The van der Waals surface area contributed by atoms with E-state index in [4.69, 9.17) is 10.8 Å². The summed E-state index contributed by atoms with van der Waals surface area (Å²) in [6.45, 7) is 0. The SMILES string of the molecule is NC(C(=O)O)C1=C/C=C\C=C/C=C\1. The Morgan fingerprint density at radius 1 is 1.23 bits per heavy atom. The van der Waals surface area contributed by atoms with Gasteiger partial charge in [0.25, 0.3) is 0 Å². The quantitative estimate of drug-likeness (QED) is 0.661. The Kier molecular flexibility index (Phi) is 3.23. The summed E-state index contributed by atoms with van der Waals surface area (Å²) in [6, 6.07) is -0.951. The fourth-order valence-electron chi connectivity index (χ4n) is 0.931. The minimum absolute atomic E-state index is 0.591. The third-order valence-electron chi connectivity index (χ3n) is 1.65. The van der Waals surface area contributed by atoms with Crippen molar-refractivity contribution in [2.24, 2.45) is 5.73 Å². The topological polar surface area (TPSA) is 63.3 Å². The number of hydrogen-bond donors (Lipinski definition) is 2. The molecule has 0 aromatic rings. The molecule has 0 spiro atoms. The van der Waals surface area contributed by atoms with Gasteiger partial charge in [-0.3, -0.25) is 4.79 Å². The van der Waals surface area contributed by atoms with Crippen LogP contribution in [0.25, 0.3) is 0 Å². The second kappa shape index (κ2) is 4.42. The lowest BCUT2D eigenvalue weighted by molar-refractivity contribution is -0.137. The van der Waals surface area contributed by atoms with E-state index in [0.717, 1.165) is 0 Å². The molecule has 0 radical (unpaired) electrons. The average Bonchev–Trinajstić information content (AvgIpc) is 2.02. The number of aliphatic carboxylic acids is 1. The molecule has 3 N–H and O–H groups in total. The van der Waals surface area contributed by atoms with Crippen molar-refractivity contribution in [2.75, 3.05) is 0 Å². The van der Waals surface area contributed by atoms with E-state index in [-0.39, 0.29) is 0 Å². The largest absolute Gasteiger partial charge is 0.480 e. The molecule has 0 saturated heterocycles. The first kappa shape index (κ1) is 9.48. The van der Waals surface area contributed by atoms with Crippen LogP contribution in [0.3, 0.4) is 0 Å². The summed E-state index contributed by atoms with van der Waals surface area (Å²) in [4.78, 5) is 10.6. The van der Waals surface area contributed by atoms with Crippen LogP contribution >= 0.6 is 0 Å². The van der Waals surface area contributed by atoms with Gasteiger partial charge in [0, 0.05) is 0 Å². The van der Waals surface area contributed by atoms with Crippen molar-refractivity contribution < 1.29 is 9.90 Å². The summed E-state index contributed by atoms with van der Waals surface area (Å²) in [6.07, 6.45) is 12.4. The Morgan fingerprint density at radius 3 is 2.54 bits per heavy atom. The third kappa shape index (κ3) is 2.72. The Labute approximate surface area is 76.6 Å². The van der Waals surface area contributed by atoms with Crippen LogP contribution in [-0.4, -0.2) is 17.1 Å². The van der Waals surface area contributed by atoms with E-state index in [1.54, 1.807) is 24.3 Å². The molecule has 1 unspecified atom stereocenters. The van der Waals surface area contributed by atoms with Crippen molar-refractivity contribution in [1.82, 2.24) is 0 Å². The number of carbonyl (C=O) groups is 1. The molecule has 13 heavy (non-hydrogen) atoms. The predicted octanol–water partition coefficient (Wildman–Crippen LogP) is 1.01. The Balaban J connectivity index is 2.84. The number of allylic oxidation sites excluding steroid dienone is 6. The molecule has 0 aromatic carbocycles. The maximum absolute atomic E-state index is 10.6. The predicted molar refractivity (Wildman–Crippen MR) is 51.1 cm³/mol. The Hall–Kier alpha value is -1.61. The van der Waals surface area contributed by atoms with Crippen LogP contribution in [0.5, 0.6) is 0 Å². The summed E-state index contributed by atoms with van der Waals surface area (Å²) in [5.41, 5.74) is 6.03. The monoisotopic (exact) mass is 177 g/mol. The second-order valence-corrected chi connectivity index (χ2v) is 2.61. The summed E-state index contributed by atoms with van der Waals surface area (Å²) >= 11 is 0. The van der Waals surface area contributed by atoms with Crippen LogP contribution in [0.1, 0.15) is 0 Å². The van der Waals surface area contributed by atoms with Gasteiger partial charge in [-0.05, 0) is 5.57 Å². The van der Waals surface area contributed by atoms with E-state index in [1.807, 2.05) is 18.2 Å². The van der Waals surface area contributed by atoms with Gasteiger partial charge < -0.3 is 10.8 Å². The van der Waals surface area contributed by atoms with E-state index >= 15 is 0 Å². The summed E-state index contributed by atoms with van der Waals surface area (Å²) < 4.78 is 0. The molecule has 0 heterocycles. The molecule has 3 nitrogen and oxygen atoms in total. The Morgan fingerprint density at radius 2 is 1.85 bits per heavy atom. The van der Waals surface area contributed by atoms with Crippen LogP contribution < -0.4 is 5.73 Å². The minimum atomic E-state index is -1.02. The summed E-state index contributed by atoms with van der Waals surface area (Å²) in [5, 5.41) is 8.65. The summed E-state index contributed by atoms with van der Waals surface area (Å²) in [5.74, 6) is -1.02. The van der Waals surface area contributed by atoms with Gasteiger partial charge in [0.15, 0.2) is 0 Å². The molecule has 0 aliphatic heterocycles. The number of rotatable bonds is 2. The fourth-order valence-corrected chi connectivity index (χ4v) is 0.931. The van der Waals surface area contributed by atoms with E-state index in [9.17, 15) is 4.79 Å². The maximum Gasteiger partial charge on any atom is 0.325 e. The van der Waals surface area contributed by atoms with Crippen molar-refractivity contribution in [2.45, 2.75) is 6.04 Å². The number of hydrogen-bond acceptors (Lipinski definition) is 2. The highest BCUT2D eigenvalue weighted by Gasteiger charge is 2.13. The third-order valence-corrected chi connectivity index (χ3v) is 1.65. The molecule has 0 bridgehead atoms. The molecule has 0 amide bonds. The molecule has 0 saturated carbocycles. The molecule has 3 heteroatoms. The molecular weight excluding hydrogens is 166 g/mol. The highest BCUT2D eigenvalue weighted by atomic mass is 16.4. The molecule has 68 valence electrons. The van der Waals surface area contributed by atoms with Crippen molar-refractivity contribution in [3.8, 4) is 0 Å². The van der Waals surface area contributed by atoms with Crippen molar-refractivity contribution in [3.05, 3.63) is 48.1 Å². The molecule has 1 aliphatic carbocycles. The second-order valence-electron chi connectivity index (χ2n) is 2.61. The number of nitrogens with two attached hydrogens (primary N) is 1. The normalized spacial score (nSPS) is 28.8. The molecule has 0 aromatic heterocycles. The van der Waals surface area contributed by atoms with Gasteiger partial charge in [-0.2, -0.15) is 0 Å². The lowest BCUT2D eigenvalue weighted by atomic mass is 10.1.